The summed E-state index contributed by atoms with van der Waals surface area (Å²) in [6.45, 7) is 2.65. The Bertz CT molecular complexity index is 649. The van der Waals surface area contributed by atoms with Gasteiger partial charge in [-0.3, -0.25) is 10.1 Å². The number of halogens is 1. The van der Waals surface area contributed by atoms with Crippen LogP contribution in [0.1, 0.15) is 13.3 Å². The van der Waals surface area contributed by atoms with E-state index < -0.39 is 4.92 Å². The number of nitro groups is 1. The van der Waals surface area contributed by atoms with Gasteiger partial charge in [0.05, 0.1) is 9.82 Å². The molecule has 0 amide bonds. The summed E-state index contributed by atoms with van der Waals surface area (Å²) in [5.41, 5.74) is 0.517. The lowest BCUT2D eigenvalue weighted by Crippen LogP contribution is -2.03. The molecule has 110 valence electrons. The molecule has 21 heavy (non-hydrogen) atoms. The van der Waals surface area contributed by atoms with Crippen LogP contribution in [-0.4, -0.2) is 11.5 Å². The second kappa shape index (κ2) is 7.08. The highest BCUT2D eigenvalue weighted by atomic mass is 32.2. The number of benzene rings is 2. The third-order valence-corrected chi connectivity index (χ3v) is 3.81. The minimum absolute atomic E-state index is 0.0280. The van der Waals surface area contributed by atoms with Gasteiger partial charge in [0.2, 0.25) is 0 Å². The molecule has 0 bridgehead atoms. The molecule has 6 heteroatoms. The Morgan fingerprint density at radius 1 is 1.29 bits per heavy atom. The molecule has 0 aliphatic rings. The molecule has 0 fully saturated rings. The lowest BCUT2D eigenvalue weighted by Gasteiger charge is -2.09. The first-order valence-corrected chi connectivity index (χ1v) is 7.38. The maximum atomic E-state index is 13.2. The van der Waals surface area contributed by atoms with Crippen molar-refractivity contribution in [2.24, 2.45) is 0 Å². The highest BCUT2D eigenvalue weighted by Gasteiger charge is 2.20. The summed E-state index contributed by atoms with van der Waals surface area (Å²) in [5.74, 6) is -0.358. The van der Waals surface area contributed by atoms with E-state index in [4.69, 9.17) is 0 Å². The molecule has 2 rings (SSSR count). The van der Waals surface area contributed by atoms with Crippen molar-refractivity contribution in [3.63, 3.8) is 0 Å². The molecule has 1 N–H and O–H groups in total. The van der Waals surface area contributed by atoms with Crippen LogP contribution in [-0.2, 0) is 0 Å². The van der Waals surface area contributed by atoms with Gasteiger partial charge >= 0.3 is 5.69 Å². The number of hydrogen-bond acceptors (Lipinski definition) is 4. The number of para-hydroxylation sites is 1. The Kier molecular flexibility index (Phi) is 5.16. The van der Waals surface area contributed by atoms with Gasteiger partial charge in [0.1, 0.15) is 11.5 Å². The van der Waals surface area contributed by atoms with Crippen LogP contribution in [0.3, 0.4) is 0 Å². The average Bonchev–Trinajstić information content (AvgIpc) is 2.45. The lowest BCUT2D eigenvalue weighted by molar-refractivity contribution is -0.386. The molecule has 0 aliphatic heterocycles. The van der Waals surface area contributed by atoms with Crippen molar-refractivity contribution >= 4 is 23.1 Å². The maximum Gasteiger partial charge on any atom is 0.306 e. The molecular weight excluding hydrogens is 291 g/mol. The molecule has 0 heterocycles. The Balaban J connectivity index is 2.36. The van der Waals surface area contributed by atoms with Crippen molar-refractivity contribution in [3.8, 4) is 0 Å². The van der Waals surface area contributed by atoms with E-state index in [1.165, 1.54) is 23.9 Å². The van der Waals surface area contributed by atoms with E-state index in [0.717, 1.165) is 6.42 Å². The average molecular weight is 306 g/mol. The fourth-order valence-corrected chi connectivity index (χ4v) is 2.85. The van der Waals surface area contributed by atoms with Gasteiger partial charge in [-0.2, -0.15) is 0 Å². The Morgan fingerprint density at radius 3 is 2.71 bits per heavy atom. The highest BCUT2D eigenvalue weighted by Crippen LogP contribution is 2.39. The minimum atomic E-state index is -0.403. The summed E-state index contributed by atoms with van der Waals surface area (Å²) in [7, 11) is 0. The fourth-order valence-electron chi connectivity index (χ4n) is 1.85. The quantitative estimate of drug-likeness (QED) is 0.620. The number of anilines is 1. The Hall–Kier alpha value is -2.08. The molecule has 2 aromatic rings. The molecule has 0 aromatic heterocycles. The smallest absolute Gasteiger partial charge is 0.306 e. The lowest BCUT2D eigenvalue weighted by atomic mass is 10.2. The fraction of sp³-hybridized carbons (Fsp3) is 0.200. The largest absolute Gasteiger partial charge is 0.379 e. The molecule has 2 aromatic carbocycles. The van der Waals surface area contributed by atoms with Gasteiger partial charge in [0.15, 0.2) is 0 Å². The molecule has 0 spiro atoms. The van der Waals surface area contributed by atoms with Crippen LogP contribution in [0.15, 0.2) is 52.3 Å². The van der Waals surface area contributed by atoms with E-state index in [0.29, 0.717) is 22.0 Å². The van der Waals surface area contributed by atoms with Crippen LogP contribution in [0.4, 0.5) is 15.8 Å². The topological polar surface area (TPSA) is 55.2 Å². The van der Waals surface area contributed by atoms with Crippen LogP contribution < -0.4 is 5.32 Å². The van der Waals surface area contributed by atoms with Gasteiger partial charge in [-0.15, -0.1) is 0 Å². The van der Waals surface area contributed by atoms with Gasteiger partial charge in [-0.05, 0) is 36.8 Å². The normalized spacial score (nSPS) is 10.4. The molecule has 0 saturated heterocycles. The van der Waals surface area contributed by atoms with Gasteiger partial charge in [-0.25, -0.2) is 4.39 Å². The number of hydrogen-bond donors (Lipinski definition) is 1. The van der Waals surface area contributed by atoms with E-state index in [2.05, 4.69) is 5.32 Å². The molecule has 0 unspecified atom stereocenters. The van der Waals surface area contributed by atoms with Gasteiger partial charge in [0, 0.05) is 11.4 Å². The van der Waals surface area contributed by atoms with Crippen molar-refractivity contribution in [3.05, 3.63) is 58.4 Å². The zero-order chi connectivity index (χ0) is 15.2. The van der Waals surface area contributed by atoms with Gasteiger partial charge in [-0.1, -0.05) is 30.8 Å². The number of nitrogens with one attached hydrogen (secondary N) is 1. The van der Waals surface area contributed by atoms with Crippen molar-refractivity contribution in [1.82, 2.24) is 0 Å². The summed E-state index contributed by atoms with van der Waals surface area (Å²) >= 11 is 1.18. The molecule has 0 saturated carbocycles. The molecule has 4 nitrogen and oxygen atoms in total. The van der Waals surface area contributed by atoms with Gasteiger partial charge in [0.25, 0.3) is 0 Å². The first kappa shape index (κ1) is 15.3. The number of rotatable bonds is 6. The number of nitro benzene ring substituents is 1. The summed E-state index contributed by atoms with van der Waals surface area (Å²) in [6.07, 6.45) is 0.873. The molecule has 0 aliphatic carbocycles. The summed E-state index contributed by atoms with van der Waals surface area (Å²) in [6, 6.07) is 11.1. The van der Waals surface area contributed by atoms with Crippen LogP contribution in [0.2, 0.25) is 0 Å². The third kappa shape index (κ3) is 3.95. The van der Waals surface area contributed by atoms with Crippen LogP contribution in [0.25, 0.3) is 0 Å². The second-order valence-corrected chi connectivity index (χ2v) is 5.51. The molecule has 0 atom stereocenters. The highest BCUT2D eigenvalue weighted by molar-refractivity contribution is 7.99. The van der Waals surface area contributed by atoms with Crippen molar-refractivity contribution in [2.45, 2.75) is 23.1 Å². The van der Waals surface area contributed by atoms with Crippen LogP contribution >= 0.6 is 11.8 Å². The van der Waals surface area contributed by atoms with Crippen molar-refractivity contribution < 1.29 is 9.31 Å². The summed E-state index contributed by atoms with van der Waals surface area (Å²) < 4.78 is 13.2. The zero-order valence-corrected chi connectivity index (χ0v) is 12.3. The molecular formula is C15H15FN2O2S. The summed E-state index contributed by atoms with van der Waals surface area (Å²) in [5, 5.41) is 14.4. The monoisotopic (exact) mass is 306 g/mol. The van der Waals surface area contributed by atoms with Crippen LogP contribution in [0.5, 0.6) is 0 Å². The first-order chi connectivity index (χ1) is 10.1. The predicted molar refractivity (Wildman–Crippen MR) is 82.4 cm³/mol. The Morgan fingerprint density at radius 2 is 2.05 bits per heavy atom. The third-order valence-electron chi connectivity index (χ3n) is 2.77. The zero-order valence-electron chi connectivity index (χ0n) is 11.5. The first-order valence-electron chi connectivity index (χ1n) is 6.56. The van der Waals surface area contributed by atoms with E-state index in [1.54, 1.807) is 30.3 Å². The van der Waals surface area contributed by atoms with E-state index in [1.807, 2.05) is 6.92 Å². The SMILES string of the molecule is CCCNc1cccc(Sc2cccc(F)c2)c1[N+](=O)[O-]. The maximum absolute atomic E-state index is 13.2. The van der Waals surface area contributed by atoms with E-state index >= 15 is 0 Å². The van der Waals surface area contributed by atoms with Gasteiger partial charge < -0.3 is 5.32 Å². The van der Waals surface area contributed by atoms with Crippen LogP contribution in [0, 0.1) is 15.9 Å². The van der Waals surface area contributed by atoms with E-state index in [9.17, 15) is 14.5 Å². The second-order valence-electron chi connectivity index (χ2n) is 4.40. The van der Waals surface area contributed by atoms with Crippen molar-refractivity contribution in [1.29, 1.82) is 0 Å². The minimum Gasteiger partial charge on any atom is -0.379 e. The molecule has 0 radical (unpaired) electrons. The standard InChI is InChI=1S/C15H15FN2O2S/c1-2-9-17-13-7-4-8-14(15(13)18(19)20)21-12-6-3-5-11(16)10-12/h3-8,10,17H,2,9H2,1H3. The van der Waals surface area contributed by atoms with Crippen molar-refractivity contribution in [2.75, 3.05) is 11.9 Å². The Labute approximate surface area is 126 Å². The summed E-state index contributed by atoms with van der Waals surface area (Å²) in [4.78, 5) is 12.1. The predicted octanol–water partition coefficient (Wildman–Crippen LogP) is 4.71. The number of nitrogens with zero attached hydrogens (tertiary/aromatic N) is 1. The van der Waals surface area contributed by atoms with E-state index in [-0.39, 0.29) is 11.5 Å².